The molecule has 1 atom stereocenters. The van der Waals surface area contributed by atoms with Gasteiger partial charge in [-0.25, -0.2) is 4.79 Å². The van der Waals surface area contributed by atoms with Gasteiger partial charge in [-0.05, 0) is 43.2 Å². The van der Waals surface area contributed by atoms with Crippen molar-refractivity contribution in [2.45, 2.75) is 26.3 Å². The number of hydrogen-bond acceptors (Lipinski definition) is 4. The van der Waals surface area contributed by atoms with E-state index in [4.69, 9.17) is 4.74 Å². The van der Waals surface area contributed by atoms with Crippen LogP contribution < -0.4 is 10.6 Å². The van der Waals surface area contributed by atoms with Crippen LogP contribution in [0.5, 0.6) is 0 Å². The normalized spacial score (nSPS) is 11.7. The molecule has 3 N–H and O–H groups in total. The standard InChI is InChI=1S/C20H24N2O4/c1-13-7-6-10-16(14(13)2)21-17-9-5-4-8-15(17)19(23)22-18(20(24)25)11-12-26-3/h4-10,18,21H,11-12H2,1-3H3,(H,22,23)(H,24,25). The van der Waals surface area contributed by atoms with E-state index in [1.807, 2.05) is 38.1 Å². The second kappa shape index (κ2) is 9.01. The smallest absolute Gasteiger partial charge is 0.326 e. The molecule has 1 amide bonds. The Balaban J connectivity index is 2.23. The first-order valence-corrected chi connectivity index (χ1v) is 8.39. The number of para-hydroxylation sites is 1. The Kier molecular flexibility index (Phi) is 6.74. The third-order valence-electron chi connectivity index (χ3n) is 4.26. The molecule has 138 valence electrons. The number of amides is 1. The summed E-state index contributed by atoms with van der Waals surface area (Å²) in [6.07, 6.45) is 0.199. The Morgan fingerprint density at radius 3 is 2.46 bits per heavy atom. The van der Waals surface area contributed by atoms with Gasteiger partial charge >= 0.3 is 5.97 Å². The van der Waals surface area contributed by atoms with Gasteiger partial charge in [0.1, 0.15) is 6.04 Å². The van der Waals surface area contributed by atoms with Gasteiger partial charge in [-0.3, -0.25) is 4.79 Å². The van der Waals surface area contributed by atoms with Gasteiger partial charge in [-0.15, -0.1) is 0 Å². The van der Waals surface area contributed by atoms with Crippen LogP contribution in [0.25, 0.3) is 0 Å². The number of carbonyl (C=O) groups is 2. The van der Waals surface area contributed by atoms with Crippen molar-refractivity contribution in [3.63, 3.8) is 0 Å². The number of ether oxygens (including phenoxy) is 1. The summed E-state index contributed by atoms with van der Waals surface area (Å²) in [5.41, 5.74) is 4.14. The van der Waals surface area contributed by atoms with Gasteiger partial charge in [0.2, 0.25) is 0 Å². The van der Waals surface area contributed by atoms with E-state index >= 15 is 0 Å². The number of carboxylic acid groups (broad SMARTS) is 1. The number of hydrogen-bond donors (Lipinski definition) is 3. The summed E-state index contributed by atoms with van der Waals surface area (Å²) >= 11 is 0. The highest BCUT2D eigenvalue weighted by Gasteiger charge is 2.21. The SMILES string of the molecule is COCCC(NC(=O)c1ccccc1Nc1cccc(C)c1C)C(=O)O. The van der Waals surface area contributed by atoms with Crippen LogP contribution in [0.3, 0.4) is 0 Å². The Morgan fingerprint density at radius 1 is 1.08 bits per heavy atom. The molecule has 2 rings (SSSR count). The lowest BCUT2D eigenvalue weighted by Crippen LogP contribution is -2.41. The van der Waals surface area contributed by atoms with E-state index in [1.54, 1.807) is 18.2 Å². The molecule has 0 fully saturated rings. The largest absolute Gasteiger partial charge is 0.480 e. The van der Waals surface area contributed by atoms with Gasteiger partial charge < -0.3 is 20.5 Å². The van der Waals surface area contributed by atoms with E-state index in [0.29, 0.717) is 11.3 Å². The predicted molar refractivity (Wildman–Crippen MR) is 101 cm³/mol. The van der Waals surface area contributed by atoms with Crippen molar-refractivity contribution in [1.29, 1.82) is 0 Å². The Morgan fingerprint density at radius 2 is 1.77 bits per heavy atom. The summed E-state index contributed by atoms with van der Waals surface area (Å²) in [5, 5.41) is 15.1. The van der Waals surface area contributed by atoms with Crippen LogP contribution in [0, 0.1) is 13.8 Å². The minimum absolute atomic E-state index is 0.199. The molecule has 6 nitrogen and oxygen atoms in total. The number of rotatable bonds is 8. The van der Waals surface area contributed by atoms with Crippen molar-refractivity contribution in [1.82, 2.24) is 5.32 Å². The lowest BCUT2D eigenvalue weighted by Gasteiger charge is -2.17. The third kappa shape index (κ3) is 4.83. The van der Waals surface area contributed by atoms with Gasteiger partial charge in [-0.1, -0.05) is 24.3 Å². The van der Waals surface area contributed by atoms with Crippen molar-refractivity contribution < 1.29 is 19.4 Å². The molecule has 0 aliphatic carbocycles. The first-order valence-electron chi connectivity index (χ1n) is 8.39. The average molecular weight is 356 g/mol. The van der Waals surface area contributed by atoms with Crippen LogP contribution in [0.2, 0.25) is 0 Å². The number of carbonyl (C=O) groups excluding carboxylic acids is 1. The van der Waals surface area contributed by atoms with Gasteiger partial charge in [0.05, 0.1) is 11.3 Å². The maximum atomic E-state index is 12.6. The van der Waals surface area contributed by atoms with E-state index in [9.17, 15) is 14.7 Å². The molecule has 0 saturated carbocycles. The number of carboxylic acids is 1. The van der Waals surface area contributed by atoms with E-state index < -0.39 is 17.9 Å². The zero-order valence-corrected chi connectivity index (χ0v) is 15.2. The average Bonchev–Trinajstić information content (AvgIpc) is 2.62. The highest BCUT2D eigenvalue weighted by molar-refractivity contribution is 6.02. The summed E-state index contributed by atoms with van der Waals surface area (Å²) in [4.78, 5) is 24.0. The fourth-order valence-electron chi connectivity index (χ4n) is 2.55. The second-order valence-electron chi connectivity index (χ2n) is 6.06. The molecule has 0 bridgehead atoms. The zero-order valence-electron chi connectivity index (χ0n) is 15.2. The topological polar surface area (TPSA) is 87.7 Å². The monoisotopic (exact) mass is 356 g/mol. The Bertz CT molecular complexity index is 789. The summed E-state index contributed by atoms with van der Waals surface area (Å²) in [5.74, 6) is -1.53. The predicted octanol–water partition coefficient (Wildman–Crippen LogP) is 3.27. The van der Waals surface area contributed by atoms with Crippen molar-refractivity contribution in [2.24, 2.45) is 0 Å². The Labute approximate surface area is 153 Å². The van der Waals surface area contributed by atoms with Crippen LogP contribution in [0.15, 0.2) is 42.5 Å². The molecule has 0 radical (unpaired) electrons. The summed E-state index contributed by atoms with van der Waals surface area (Å²) in [6, 6.07) is 11.9. The quantitative estimate of drug-likeness (QED) is 0.676. The molecular weight excluding hydrogens is 332 g/mol. The number of aliphatic carboxylic acids is 1. The van der Waals surface area contributed by atoms with E-state index in [-0.39, 0.29) is 13.0 Å². The molecule has 0 spiro atoms. The first kappa shape index (κ1) is 19.5. The molecule has 6 heteroatoms. The lowest BCUT2D eigenvalue weighted by molar-refractivity contribution is -0.139. The summed E-state index contributed by atoms with van der Waals surface area (Å²) in [7, 11) is 1.49. The second-order valence-corrected chi connectivity index (χ2v) is 6.06. The van der Waals surface area contributed by atoms with Gasteiger partial charge in [0.25, 0.3) is 5.91 Å². The maximum Gasteiger partial charge on any atom is 0.326 e. The minimum atomic E-state index is -1.09. The molecule has 0 aliphatic heterocycles. The fourth-order valence-corrected chi connectivity index (χ4v) is 2.55. The molecule has 0 heterocycles. The van der Waals surface area contributed by atoms with Gasteiger partial charge in [0.15, 0.2) is 0 Å². The van der Waals surface area contributed by atoms with Crippen LogP contribution in [-0.4, -0.2) is 36.7 Å². The zero-order chi connectivity index (χ0) is 19.1. The molecule has 1 unspecified atom stereocenters. The van der Waals surface area contributed by atoms with Crippen molar-refractivity contribution >= 4 is 23.3 Å². The lowest BCUT2D eigenvalue weighted by atomic mass is 10.1. The van der Waals surface area contributed by atoms with E-state index in [1.165, 1.54) is 7.11 Å². The van der Waals surface area contributed by atoms with Crippen molar-refractivity contribution in [3.05, 3.63) is 59.2 Å². The maximum absolute atomic E-state index is 12.6. The number of anilines is 2. The number of aryl methyl sites for hydroxylation is 1. The van der Waals surface area contributed by atoms with E-state index in [0.717, 1.165) is 16.8 Å². The molecule has 0 aliphatic rings. The van der Waals surface area contributed by atoms with Crippen LogP contribution in [-0.2, 0) is 9.53 Å². The summed E-state index contributed by atoms with van der Waals surface area (Å²) < 4.78 is 4.91. The molecule has 2 aromatic carbocycles. The molecule has 0 saturated heterocycles. The molecule has 2 aromatic rings. The van der Waals surface area contributed by atoms with Crippen LogP contribution in [0.4, 0.5) is 11.4 Å². The molecule has 26 heavy (non-hydrogen) atoms. The number of benzene rings is 2. The Hall–Kier alpha value is -2.86. The fraction of sp³-hybridized carbons (Fsp3) is 0.300. The van der Waals surface area contributed by atoms with Crippen LogP contribution >= 0.6 is 0 Å². The third-order valence-corrected chi connectivity index (χ3v) is 4.26. The molecular formula is C20H24N2O4. The molecule has 0 aromatic heterocycles. The van der Waals surface area contributed by atoms with Crippen LogP contribution in [0.1, 0.15) is 27.9 Å². The highest BCUT2D eigenvalue weighted by Crippen LogP contribution is 2.25. The van der Waals surface area contributed by atoms with E-state index in [2.05, 4.69) is 10.6 Å². The van der Waals surface area contributed by atoms with Crippen molar-refractivity contribution in [2.75, 3.05) is 19.0 Å². The number of nitrogens with one attached hydrogen (secondary N) is 2. The minimum Gasteiger partial charge on any atom is -0.480 e. The number of methoxy groups -OCH3 is 1. The first-order chi connectivity index (χ1) is 12.4. The van der Waals surface area contributed by atoms with Crippen molar-refractivity contribution in [3.8, 4) is 0 Å². The summed E-state index contributed by atoms with van der Waals surface area (Å²) in [6.45, 7) is 4.28. The highest BCUT2D eigenvalue weighted by atomic mass is 16.5. The van der Waals surface area contributed by atoms with Gasteiger partial charge in [-0.2, -0.15) is 0 Å². The van der Waals surface area contributed by atoms with Gasteiger partial charge in [0, 0.05) is 25.8 Å².